The third-order valence-corrected chi connectivity index (χ3v) is 2.97. The Morgan fingerprint density at radius 3 is 2.24 bits per heavy atom. The molecule has 0 amide bonds. The zero-order valence-corrected chi connectivity index (χ0v) is 13.4. The van der Waals surface area contributed by atoms with Crippen LogP contribution in [0.5, 0.6) is 5.75 Å². The first-order valence-electron chi connectivity index (χ1n) is 6.59. The second-order valence-corrected chi connectivity index (χ2v) is 4.52. The molecule has 0 saturated heterocycles. The average molecular weight is 242 g/mol. The zero-order valence-electron chi connectivity index (χ0n) is 11.4. The van der Waals surface area contributed by atoms with Gasteiger partial charge >= 0.3 is 29.6 Å². The van der Waals surface area contributed by atoms with E-state index in [1.54, 1.807) is 12.1 Å². The molecule has 0 aliphatic heterocycles. The summed E-state index contributed by atoms with van der Waals surface area (Å²) >= 11 is 0. The van der Waals surface area contributed by atoms with Crippen LogP contribution in [0, 0.1) is 0 Å². The van der Waals surface area contributed by atoms with Gasteiger partial charge in [0.2, 0.25) is 0 Å². The summed E-state index contributed by atoms with van der Waals surface area (Å²) in [5, 5.41) is 11.1. The average Bonchev–Trinajstić information content (AvgIpc) is 2.28. The van der Waals surface area contributed by atoms with Crippen LogP contribution in [0.1, 0.15) is 57.4 Å². The van der Waals surface area contributed by atoms with Crippen molar-refractivity contribution < 1.29 is 34.7 Å². The van der Waals surface area contributed by atoms with Crippen LogP contribution in [-0.4, -0.2) is 0 Å². The molecule has 0 fully saturated rings. The van der Waals surface area contributed by atoms with Gasteiger partial charge in [-0.25, -0.2) is 0 Å². The molecule has 2 heteroatoms. The van der Waals surface area contributed by atoms with E-state index in [1.807, 2.05) is 6.07 Å². The van der Waals surface area contributed by atoms with E-state index in [0.29, 0.717) is 0 Å². The summed E-state index contributed by atoms with van der Waals surface area (Å²) in [7, 11) is 0. The second kappa shape index (κ2) is 11.1. The molecule has 1 rings (SSSR count). The van der Waals surface area contributed by atoms with E-state index in [1.165, 1.54) is 50.5 Å². The maximum Gasteiger partial charge on any atom is 1.00 e. The smallest absolute Gasteiger partial charge is 0.872 e. The summed E-state index contributed by atoms with van der Waals surface area (Å²) in [5.41, 5.74) is 1.20. The monoisotopic (exact) mass is 242 g/mol. The molecule has 0 spiro atoms. The normalized spacial score (nSPS) is 9.94. The largest absolute Gasteiger partial charge is 1.00 e. The number of unbranched alkanes of at least 4 members (excludes halogenated alkanes) is 6. The van der Waals surface area contributed by atoms with Gasteiger partial charge in [-0.3, -0.25) is 0 Å². The van der Waals surface area contributed by atoms with Crippen molar-refractivity contribution in [3.63, 3.8) is 0 Å². The standard InChI is InChI=1S/C15H24O.Na/c1-2-3-4-5-6-7-8-10-14-11-9-12-15(16)13-14;/h9,11-13,16H,2-8,10H2,1H3;/q;+1/p-1. The molecule has 0 aromatic heterocycles. The predicted octanol–water partition coefficient (Wildman–Crippen LogP) is 1.06. The van der Waals surface area contributed by atoms with Gasteiger partial charge in [0.25, 0.3) is 0 Å². The van der Waals surface area contributed by atoms with Crippen molar-refractivity contribution >= 4 is 0 Å². The first-order chi connectivity index (χ1) is 7.83. The summed E-state index contributed by atoms with van der Waals surface area (Å²) < 4.78 is 0. The SMILES string of the molecule is CCCCCCCCCc1cccc([O-])c1.[Na+]. The van der Waals surface area contributed by atoms with Crippen molar-refractivity contribution in [2.24, 2.45) is 0 Å². The number of aryl methyl sites for hydroxylation is 1. The molecule has 1 nitrogen and oxygen atoms in total. The molecule has 0 heterocycles. The van der Waals surface area contributed by atoms with E-state index in [-0.39, 0.29) is 35.3 Å². The van der Waals surface area contributed by atoms with Gasteiger partial charge in [0.1, 0.15) is 0 Å². The molecule has 0 bridgehead atoms. The maximum absolute atomic E-state index is 11.1. The minimum Gasteiger partial charge on any atom is -0.872 e. The Balaban J connectivity index is 0.00000256. The van der Waals surface area contributed by atoms with Crippen LogP contribution in [0.25, 0.3) is 0 Å². The molecular weight excluding hydrogens is 219 g/mol. The van der Waals surface area contributed by atoms with E-state index >= 15 is 0 Å². The molecule has 0 aliphatic rings. The Kier molecular flexibility index (Phi) is 11.1. The van der Waals surface area contributed by atoms with E-state index < -0.39 is 0 Å². The van der Waals surface area contributed by atoms with Gasteiger partial charge in [-0.05, 0) is 18.4 Å². The quantitative estimate of drug-likeness (QED) is 0.494. The van der Waals surface area contributed by atoms with Crippen LogP contribution in [0.15, 0.2) is 24.3 Å². The maximum atomic E-state index is 11.1. The van der Waals surface area contributed by atoms with Crippen LogP contribution in [-0.2, 0) is 6.42 Å². The molecule has 0 radical (unpaired) electrons. The van der Waals surface area contributed by atoms with Gasteiger partial charge in [0, 0.05) is 0 Å². The molecule has 0 saturated carbocycles. The number of hydrogen-bond donors (Lipinski definition) is 0. The Labute approximate surface area is 128 Å². The Morgan fingerprint density at radius 1 is 0.941 bits per heavy atom. The van der Waals surface area contributed by atoms with Gasteiger partial charge in [0.05, 0.1) is 0 Å². The van der Waals surface area contributed by atoms with Crippen LogP contribution >= 0.6 is 0 Å². The fourth-order valence-corrected chi connectivity index (χ4v) is 1.99. The Bertz CT molecular complexity index is 286. The van der Waals surface area contributed by atoms with Crippen molar-refractivity contribution in [3.8, 4) is 5.75 Å². The number of rotatable bonds is 8. The molecule has 0 unspecified atom stereocenters. The second-order valence-electron chi connectivity index (χ2n) is 4.52. The molecule has 0 atom stereocenters. The third-order valence-electron chi connectivity index (χ3n) is 2.97. The Hall–Kier alpha value is 0.0200. The van der Waals surface area contributed by atoms with Crippen LogP contribution in [0.4, 0.5) is 0 Å². The van der Waals surface area contributed by atoms with Crippen molar-refractivity contribution in [2.75, 3.05) is 0 Å². The predicted molar refractivity (Wildman–Crippen MR) is 67.6 cm³/mol. The van der Waals surface area contributed by atoms with E-state index in [9.17, 15) is 5.11 Å². The fraction of sp³-hybridized carbons (Fsp3) is 0.600. The van der Waals surface area contributed by atoms with Crippen molar-refractivity contribution in [1.82, 2.24) is 0 Å². The topological polar surface area (TPSA) is 23.1 Å². The van der Waals surface area contributed by atoms with E-state index in [4.69, 9.17) is 0 Å². The molecule has 1 aromatic rings. The minimum absolute atomic E-state index is 0. The number of hydrogen-bond acceptors (Lipinski definition) is 1. The summed E-state index contributed by atoms with van der Waals surface area (Å²) in [6.07, 6.45) is 10.4. The Morgan fingerprint density at radius 2 is 1.59 bits per heavy atom. The molecule has 17 heavy (non-hydrogen) atoms. The van der Waals surface area contributed by atoms with Gasteiger partial charge in [-0.2, -0.15) is 0 Å². The van der Waals surface area contributed by atoms with Crippen molar-refractivity contribution in [1.29, 1.82) is 0 Å². The van der Waals surface area contributed by atoms with Crippen molar-refractivity contribution in [2.45, 2.75) is 58.3 Å². The zero-order chi connectivity index (χ0) is 11.6. The third kappa shape index (κ3) is 8.70. The van der Waals surface area contributed by atoms with Crippen LogP contribution < -0.4 is 34.7 Å². The van der Waals surface area contributed by atoms with Gasteiger partial charge < -0.3 is 5.11 Å². The minimum atomic E-state index is 0. The summed E-state index contributed by atoms with van der Waals surface area (Å²) in [5.74, 6) is 0.139. The number of benzene rings is 1. The summed E-state index contributed by atoms with van der Waals surface area (Å²) in [6.45, 7) is 2.25. The van der Waals surface area contributed by atoms with E-state index in [0.717, 1.165) is 6.42 Å². The summed E-state index contributed by atoms with van der Waals surface area (Å²) in [4.78, 5) is 0. The van der Waals surface area contributed by atoms with Crippen LogP contribution in [0.2, 0.25) is 0 Å². The first kappa shape index (κ1) is 17.0. The molecule has 0 aliphatic carbocycles. The van der Waals surface area contributed by atoms with E-state index in [2.05, 4.69) is 13.0 Å². The van der Waals surface area contributed by atoms with Gasteiger partial charge in [0.15, 0.2) is 0 Å². The van der Waals surface area contributed by atoms with Crippen molar-refractivity contribution in [3.05, 3.63) is 29.8 Å². The summed E-state index contributed by atoms with van der Waals surface area (Å²) in [6, 6.07) is 7.29. The van der Waals surface area contributed by atoms with Gasteiger partial charge in [-0.15, -0.1) is 5.75 Å². The molecule has 1 aromatic carbocycles. The van der Waals surface area contributed by atoms with Crippen LogP contribution in [0.3, 0.4) is 0 Å². The fourth-order valence-electron chi connectivity index (χ4n) is 1.99. The van der Waals surface area contributed by atoms with Gasteiger partial charge in [-0.1, -0.05) is 69.7 Å². The molecule has 0 N–H and O–H groups in total. The molecular formula is C15H23NaO. The molecule has 90 valence electrons. The first-order valence-corrected chi connectivity index (χ1v) is 6.59.